The molecule has 2 aromatic carbocycles. The Labute approximate surface area is 178 Å². The largest absolute Gasteiger partial charge is 0.493 e. The van der Waals surface area contributed by atoms with Crippen molar-refractivity contribution in [3.63, 3.8) is 0 Å². The van der Waals surface area contributed by atoms with E-state index in [-0.39, 0.29) is 12.5 Å². The van der Waals surface area contributed by atoms with E-state index in [9.17, 15) is 9.59 Å². The second-order valence-corrected chi connectivity index (χ2v) is 7.77. The maximum Gasteiger partial charge on any atom is 0.343 e. The van der Waals surface area contributed by atoms with Crippen LogP contribution in [0, 0.1) is 6.92 Å². The Kier molecular flexibility index (Phi) is 6.56. The average molecular weight is 430 g/mol. The number of anilines is 1. The Balaban J connectivity index is 1.93. The minimum atomic E-state index is -0.521. The number of thiocarbonyl (C=S) groups is 1. The SMILES string of the molecule is COC(=O)COc1c(/C=C2\SC(=S)N(c3ccc(C)cc3)C2=O)cccc1OC. The Morgan fingerprint density at radius 3 is 2.55 bits per heavy atom. The van der Waals surface area contributed by atoms with Gasteiger partial charge in [-0.1, -0.05) is 53.8 Å². The minimum Gasteiger partial charge on any atom is -0.493 e. The molecule has 0 aliphatic carbocycles. The number of hydrogen-bond donors (Lipinski definition) is 0. The number of nitrogens with zero attached hydrogens (tertiary/aromatic N) is 1. The number of rotatable bonds is 6. The van der Waals surface area contributed by atoms with Crippen molar-refractivity contribution in [2.24, 2.45) is 0 Å². The topological polar surface area (TPSA) is 65.1 Å². The standard InChI is InChI=1S/C21H19NO5S2/c1-13-7-9-15(10-8-13)22-20(24)17(29-21(22)28)11-14-5-4-6-16(25-2)19(14)27-12-18(23)26-3/h4-11H,12H2,1-3H3/b17-11-. The van der Waals surface area contributed by atoms with Crippen LogP contribution in [0.3, 0.4) is 0 Å². The van der Waals surface area contributed by atoms with Crippen LogP contribution in [0.5, 0.6) is 11.5 Å². The van der Waals surface area contributed by atoms with E-state index in [4.69, 9.17) is 21.7 Å². The minimum absolute atomic E-state index is 0.217. The number of amides is 1. The molecule has 3 rings (SSSR count). The molecule has 0 saturated carbocycles. The summed E-state index contributed by atoms with van der Waals surface area (Å²) in [5, 5.41) is 0. The molecule has 0 atom stereocenters. The Morgan fingerprint density at radius 1 is 1.17 bits per heavy atom. The van der Waals surface area contributed by atoms with Gasteiger partial charge in [0.15, 0.2) is 22.4 Å². The van der Waals surface area contributed by atoms with Crippen molar-refractivity contribution in [1.29, 1.82) is 0 Å². The number of carbonyl (C=O) groups excluding carboxylic acids is 2. The summed E-state index contributed by atoms with van der Waals surface area (Å²) in [5.41, 5.74) is 2.41. The van der Waals surface area contributed by atoms with Gasteiger partial charge in [0.2, 0.25) is 0 Å². The van der Waals surface area contributed by atoms with Crippen molar-refractivity contribution in [3.8, 4) is 11.5 Å². The molecule has 150 valence electrons. The molecule has 2 aromatic rings. The first-order chi connectivity index (χ1) is 13.9. The van der Waals surface area contributed by atoms with Gasteiger partial charge in [-0.25, -0.2) is 4.79 Å². The highest BCUT2D eigenvalue weighted by Gasteiger charge is 2.33. The zero-order valence-electron chi connectivity index (χ0n) is 16.1. The number of esters is 1. The van der Waals surface area contributed by atoms with E-state index >= 15 is 0 Å². The molecule has 0 spiro atoms. The molecule has 6 nitrogen and oxygen atoms in total. The van der Waals surface area contributed by atoms with Gasteiger partial charge in [0, 0.05) is 5.56 Å². The van der Waals surface area contributed by atoms with Gasteiger partial charge >= 0.3 is 5.97 Å². The van der Waals surface area contributed by atoms with Crippen molar-refractivity contribution >= 4 is 51.9 Å². The summed E-state index contributed by atoms with van der Waals surface area (Å²) in [6.07, 6.45) is 1.68. The van der Waals surface area contributed by atoms with Gasteiger partial charge in [-0.3, -0.25) is 9.69 Å². The van der Waals surface area contributed by atoms with Gasteiger partial charge in [0.05, 0.1) is 24.8 Å². The maximum atomic E-state index is 13.0. The molecule has 1 heterocycles. The van der Waals surface area contributed by atoms with E-state index in [0.717, 1.165) is 5.56 Å². The van der Waals surface area contributed by atoms with Crippen LogP contribution in [0.15, 0.2) is 47.4 Å². The van der Waals surface area contributed by atoms with E-state index in [1.807, 2.05) is 31.2 Å². The summed E-state index contributed by atoms with van der Waals surface area (Å²) in [4.78, 5) is 26.4. The number of hydrogen-bond acceptors (Lipinski definition) is 7. The first kappa shape index (κ1) is 20.9. The van der Waals surface area contributed by atoms with E-state index in [0.29, 0.717) is 32.0 Å². The number of thioether (sulfide) groups is 1. The fourth-order valence-electron chi connectivity index (χ4n) is 2.68. The lowest BCUT2D eigenvalue weighted by molar-refractivity contribution is -0.142. The fourth-order valence-corrected chi connectivity index (χ4v) is 3.97. The summed E-state index contributed by atoms with van der Waals surface area (Å²) >= 11 is 6.63. The van der Waals surface area contributed by atoms with Gasteiger partial charge in [-0.2, -0.15) is 0 Å². The quantitative estimate of drug-likeness (QED) is 0.391. The van der Waals surface area contributed by atoms with Crippen molar-refractivity contribution in [3.05, 3.63) is 58.5 Å². The highest BCUT2D eigenvalue weighted by Crippen LogP contribution is 2.39. The molecule has 1 aliphatic rings. The zero-order chi connectivity index (χ0) is 21.0. The summed E-state index contributed by atoms with van der Waals surface area (Å²) < 4.78 is 16.0. The molecule has 0 aromatic heterocycles. The summed E-state index contributed by atoms with van der Waals surface area (Å²) in [6, 6.07) is 12.8. The molecular formula is C21H19NO5S2. The van der Waals surface area contributed by atoms with Gasteiger partial charge < -0.3 is 14.2 Å². The van der Waals surface area contributed by atoms with Crippen LogP contribution in [0.4, 0.5) is 5.69 Å². The number of aryl methyl sites for hydroxylation is 1. The number of methoxy groups -OCH3 is 2. The van der Waals surface area contributed by atoms with Gasteiger partial charge in [0.25, 0.3) is 5.91 Å². The van der Waals surface area contributed by atoms with E-state index < -0.39 is 5.97 Å². The number of carbonyl (C=O) groups is 2. The van der Waals surface area contributed by atoms with E-state index in [2.05, 4.69) is 4.74 Å². The van der Waals surface area contributed by atoms with Crippen molar-refractivity contribution in [2.75, 3.05) is 25.7 Å². The van der Waals surface area contributed by atoms with Gasteiger partial charge in [0.1, 0.15) is 0 Å². The monoisotopic (exact) mass is 429 g/mol. The molecule has 29 heavy (non-hydrogen) atoms. The van der Waals surface area contributed by atoms with Crippen molar-refractivity contribution < 1.29 is 23.8 Å². The van der Waals surface area contributed by atoms with Crippen LogP contribution in [0.2, 0.25) is 0 Å². The molecule has 0 N–H and O–H groups in total. The summed E-state index contributed by atoms with van der Waals surface area (Å²) in [5.74, 6) is 0.0517. The van der Waals surface area contributed by atoms with Crippen LogP contribution in [-0.4, -0.2) is 37.0 Å². The Hall–Kier alpha value is -2.84. The predicted molar refractivity (Wildman–Crippen MR) is 117 cm³/mol. The summed E-state index contributed by atoms with van der Waals surface area (Å²) in [7, 11) is 2.78. The number of ether oxygens (including phenoxy) is 3. The number of para-hydroxylation sites is 1. The highest BCUT2D eigenvalue weighted by atomic mass is 32.2. The van der Waals surface area contributed by atoms with E-state index in [1.165, 1.54) is 30.9 Å². The van der Waals surface area contributed by atoms with Crippen LogP contribution >= 0.6 is 24.0 Å². The molecule has 0 unspecified atom stereocenters. The Morgan fingerprint density at radius 2 is 1.90 bits per heavy atom. The third-order valence-electron chi connectivity index (χ3n) is 4.16. The third-order valence-corrected chi connectivity index (χ3v) is 5.47. The second kappa shape index (κ2) is 9.11. The molecule has 0 radical (unpaired) electrons. The summed E-state index contributed by atoms with van der Waals surface area (Å²) in [6.45, 7) is 1.70. The lowest BCUT2D eigenvalue weighted by Gasteiger charge is -2.14. The normalized spacial score (nSPS) is 15.0. The van der Waals surface area contributed by atoms with Gasteiger partial charge in [-0.15, -0.1) is 0 Å². The van der Waals surface area contributed by atoms with Crippen LogP contribution < -0.4 is 14.4 Å². The molecule has 8 heteroatoms. The maximum absolute atomic E-state index is 13.0. The first-order valence-corrected chi connectivity index (χ1v) is 9.88. The Bertz CT molecular complexity index is 985. The predicted octanol–water partition coefficient (Wildman–Crippen LogP) is 3.96. The molecule has 1 fully saturated rings. The molecule has 1 saturated heterocycles. The molecule has 0 bridgehead atoms. The zero-order valence-corrected chi connectivity index (χ0v) is 17.8. The lowest BCUT2D eigenvalue weighted by Crippen LogP contribution is -2.27. The molecule has 1 aliphatic heterocycles. The molecular weight excluding hydrogens is 410 g/mol. The lowest BCUT2D eigenvalue weighted by atomic mass is 10.1. The highest BCUT2D eigenvalue weighted by molar-refractivity contribution is 8.27. The van der Waals surface area contributed by atoms with E-state index in [1.54, 1.807) is 24.3 Å². The second-order valence-electron chi connectivity index (χ2n) is 6.10. The van der Waals surface area contributed by atoms with Crippen molar-refractivity contribution in [1.82, 2.24) is 0 Å². The van der Waals surface area contributed by atoms with Crippen LogP contribution in [0.1, 0.15) is 11.1 Å². The number of benzene rings is 2. The third kappa shape index (κ3) is 4.60. The van der Waals surface area contributed by atoms with Gasteiger partial charge in [-0.05, 0) is 31.2 Å². The fraction of sp³-hybridized carbons (Fsp3) is 0.190. The molecule has 1 amide bonds. The average Bonchev–Trinajstić information content (AvgIpc) is 3.00. The smallest absolute Gasteiger partial charge is 0.343 e. The van der Waals surface area contributed by atoms with Crippen LogP contribution in [-0.2, 0) is 14.3 Å². The van der Waals surface area contributed by atoms with Crippen LogP contribution in [0.25, 0.3) is 6.08 Å². The first-order valence-electron chi connectivity index (χ1n) is 8.66. The van der Waals surface area contributed by atoms with Crippen molar-refractivity contribution in [2.45, 2.75) is 6.92 Å².